The number of rotatable bonds is 10. The SMILES string of the molecule is COc1ccc(CN(Cc2ccc(OC)cc2)S(=O)(=O)[C@@H](C)C(O)(c2ncc(C)cn2)C(F)(F)F)cc1. The number of alkyl halides is 3. The van der Waals surface area contributed by atoms with E-state index in [4.69, 9.17) is 9.47 Å². The number of aliphatic hydroxyl groups is 1. The zero-order valence-electron chi connectivity index (χ0n) is 20.7. The molecule has 0 aliphatic carbocycles. The molecule has 2 aromatic carbocycles. The largest absolute Gasteiger partial charge is 0.497 e. The fraction of sp³-hybridized carbons (Fsp3) is 0.360. The van der Waals surface area contributed by atoms with Crippen molar-refractivity contribution in [3.8, 4) is 11.5 Å². The van der Waals surface area contributed by atoms with Crippen LogP contribution in [0.3, 0.4) is 0 Å². The summed E-state index contributed by atoms with van der Waals surface area (Å²) in [5, 5.41) is 8.57. The Morgan fingerprint density at radius 1 is 0.892 bits per heavy atom. The fourth-order valence-electron chi connectivity index (χ4n) is 3.67. The van der Waals surface area contributed by atoms with E-state index in [1.807, 2.05) is 0 Å². The molecular formula is C25H28F3N3O5S. The Morgan fingerprint density at radius 3 is 1.65 bits per heavy atom. The van der Waals surface area contributed by atoms with Crippen LogP contribution in [0, 0.1) is 6.92 Å². The van der Waals surface area contributed by atoms with Crippen LogP contribution in [0.2, 0.25) is 0 Å². The third kappa shape index (κ3) is 6.03. The maximum Gasteiger partial charge on any atom is 0.425 e. The molecule has 8 nitrogen and oxygen atoms in total. The van der Waals surface area contributed by atoms with E-state index in [0.29, 0.717) is 28.2 Å². The maximum atomic E-state index is 14.3. The van der Waals surface area contributed by atoms with Crippen molar-refractivity contribution in [2.75, 3.05) is 14.2 Å². The van der Waals surface area contributed by atoms with Crippen molar-refractivity contribution in [3.05, 3.63) is 83.4 Å². The summed E-state index contributed by atoms with van der Waals surface area (Å²) >= 11 is 0. The molecule has 0 saturated heterocycles. The molecule has 37 heavy (non-hydrogen) atoms. The highest BCUT2D eigenvalue weighted by atomic mass is 32.2. The summed E-state index contributed by atoms with van der Waals surface area (Å²) in [7, 11) is -1.86. The van der Waals surface area contributed by atoms with Crippen LogP contribution in [0.1, 0.15) is 29.4 Å². The average molecular weight is 540 g/mol. The highest BCUT2D eigenvalue weighted by Gasteiger charge is 2.64. The van der Waals surface area contributed by atoms with Crippen LogP contribution in [0.15, 0.2) is 60.9 Å². The Hall–Kier alpha value is -3.22. The van der Waals surface area contributed by atoms with Gasteiger partial charge in [0.2, 0.25) is 15.6 Å². The van der Waals surface area contributed by atoms with Gasteiger partial charge in [0.05, 0.1) is 14.2 Å². The Bertz CT molecular complexity index is 1240. The number of hydrogen-bond acceptors (Lipinski definition) is 7. The summed E-state index contributed by atoms with van der Waals surface area (Å²) in [6, 6.07) is 12.9. The molecule has 0 bridgehead atoms. The number of hydrogen-bond donors (Lipinski definition) is 1. The summed E-state index contributed by atoms with van der Waals surface area (Å²) in [5.41, 5.74) is -2.40. The van der Waals surface area contributed by atoms with Gasteiger partial charge < -0.3 is 14.6 Å². The molecular weight excluding hydrogens is 511 g/mol. The van der Waals surface area contributed by atoms with E-state index in [1.165, 1.54) is 14.2 Å². The monoisotopic (exact) mass is 539 g/mol. The van der Waals surface area contributed by atoms with E-state index in [1.54, 1.807) is 55.5 Å². The van der Waals surface area contributed by atoms with Gasteiger partial charge in [-0.25, -0.2) is 18.4 Å². The van der Waals surface area contributed by atoms with Gasteiger partial charge in [0.15, 0.2) is 5.82 Å². The van der Waals surface area contributed by atoms with E-state index in [0.717, 1.165) is 23.6 Å². The number of ether oxygens (including phenoxy) is 2. The van der Waals surface area contributed by atoms with Crippen molar-refractivity contribution in [2.45, 2.75) is 44.0 Å². The van der Waals surface area contributed by atoms with E-state index in [-0.39, 0.29) is 13.1 Å². The summed E-state index contributed by atoms with van der Waals surface area (Å²) in [6.07, 6.45) is -3.21. The normalized spacial score (nSPS) is 14.7. The lowest BCUT2D eigenvalue weighted by molar-refractivity contribution is -0.269. The van der Waals surface area contributed by atoms with E-state index in [9.17, 15) is 26.7 Å². The van der Waals surface area contributed by atoms with Crippen molar-refractivity contribution in [1.29, 1.82) is 0 Å². The number of aromatic nitrogens is 2. The van der Waals surface area contributed by atoms with Crippen LogP contribution >= 0.6 is 0 Å². The van der Waals surface area contributed by atoms with Crippen molar-refractivity contribution >= 4 is 10.0 Å². The smallest absolute Gasteiger partial charge is 0.425 e. The average Bonchev–Trinajstić information content (AvgIpc) is 2.88. The first-order valence-electron chi connectivity index (χ1n) is 11.2. The van der Waals surface area contributed by atoms with E-state index >= 15 is 0 Å². The summed E-state index contributed by atoms with van der Waals surface area (Å²) in [5.74, 6) is 0.0183. The number of halogens is 3. The highest BCUT2D eigenvalue weighted by molar-refractivity contribution is 7.89. The van der Waals surface area contributed by atoms with Crippen LogP contribution in [0.25, 0.3) is 0 Å². The van der Waals surface area contributed by atoms with Gasteiger partial charge in [-0.1, -0.05) is 24.3 Å². The molecule has 1 aromatic heterocycles. The molecule has 12 heteroatoms. The van der Waals surface area contributed by atoms with E-state index < -0.39 is 32.9 Å². The lowest BCUT2D eigenvalue weighted by Crippen LogP contribution is -2.57. The van der Waals surface area contributed by atoms with Gasteiger partial charge in [0, 0.05) is 25.5 Å². The van der Waals surface area contributed by atoms with Crippen molar-refractivity contribution in [2.24, 2.45) is 0 Å². The Kier molecular flexibility index (Phi) is 8.45. The molecule has 0 aliphatic rings. The molecule has 0 fully saturated rings. The van der Waals surface area contributed by atoms with Crippen LogP contribution < -0.4 is 9.47 Å². The molecule has 0 spiro atoms. The van der Waals surface area contributed by atoms with Crippen LogP contribution in [-0.4, -0.2) is 53.4 Å². The molecule has 1 unspecified atom stereocenters. The lowest BCUT2D eigenvalue weighted by Gasteiger charge is -2.36. The Labute approximate surface area is 213 Å². The third-order valence-electron chi connectivity index (χ3n) is 5.98. The third-order valence-corrected chi connectivity index (χ3v) is 8.20. The minimum absolute atomic E-state index is 0.259. The molecule has 3 aromatic rings. The van der Waals surface area contributed by atoms with Gasteiger partial charge >= 0.3 is 6.18 Å². The van der Waals surface area contributed by atoms with Crippen molar-refractivity contribution in [1.82, 2.24) is 14.3 Å². The minimum Gasteiger partial charge on any atom is -0.497 e. The number of benzene rings is 2. The Balaban J connectivity index is 2.07. The number of nitrogens with zero attached hydrogens (tertiary/aromatic N) is 3. The summed E-state index contributed by atoms with van der Waals surface area (Å²) < 4.78 is 81.6. The first kappa shape index (κ1) is 28.4. The number of sulfonamides is 1. The zero-order chi connectivity index (χ0) is 27.4. The first-order chi connectivity index (χ1) is 17.3. The second-order valence-electron chi connectivity index (χ2n) is 8.50. The second-order valence-corrected chi connectivity index (χ2v) is 10.8. The van der Waals surface area contributed by atoms with Gasteiger partial charge in [-0.2, -0.15) is 17.5 Å². The van der Waals surface area contributed by atoms with Gasteiger partial charge in [-0.15, -0.1) is 0 Å². The predicted octanol–water partition coefficient (Wildman–Crippen LogP) is 3.97. The fourth-order valence-corrected chi connectivity index (χ4v) is 5.45. The maximum absolute atomic E-state index is 14.3. The number of aryl methyl sites for hydroxylation is 1. The summed E-state index contributed by atoms with van der Waals surface area (Å²) in [4.78, 5) is 7.25. The number of methoxy groups -OCH3 is 2. The molecule has 1 N–H and O–H groups in total. The van der Waals surface area contributed by atoms with Crippen LogP contribution in [0.5, 0.6) is 11.5 Å². The lowest BCUT2D eigenvalue weighted by atomic mass is 9.98. The topological polar surface area (TPSA) is 102 Å². The minimum atomic E-state index is -5.39. The molecule has 1 heterocycles. The quantitative estimate of drug-likeness (QED) is 0.416. The molecule has 0 aliphatic heterocycles. The molecule has 2 atom stereocenters. The zero-order valence-corrected chi connectivity index (χ0v) is 21.5. The molecule has 0 amide bonds. The van der Waals surface area contributed by atoms with Crippen molar-refractivity contribution < 1.29 is 36.2 Å². The van der Waals surface area contributed by atoms with E-state index in [2.05, 4.69) is 9.97 Å². The van der Waals surface area contributed by atoms with Crippen LogP contribution in [0.4, 0.5) is 13.2 Å². The summed E-state index contributed by atoms with van der Waals surface area (Å²) in [6.45, 7) is 1.85. The van der Waals surface area contributed by atoms with Gasteiger partial charge in [0.25, 0.3) is 0 Å². The predicted molar refractivity (Wildman–Crippen MR) is 130 cm³/mol. The molecule has 0 radical (unpaired) electrons. The first-order valence-corrected chi connectivity index (χ1v) is 12.7. The highest BCUT2D eigenvalue weighted by Crippen LogP contribution is 2.43. The van der Waals surface area contributed by atoms with Crippen molar-refractivity contribution in [3.63, 3.8) is 0 Å². The van der Waals surface area contributed by atoms with Gasteiger partial charge in [-0.05, 0) is 54.8 Å². The van der Waals surface area contributed by atoms with Gasteiger partial charge in [-0.3, -0.25) is 0 Å². The molecule has 3 rings (SSSR count). The molecule has 0 saturated carbocycles. The Morgan fingerprint density at radius 2 is 1.30 bits per heavy atom. The molecule has 200 valence electrons. The standard InChI is InChI=1S/C25H28F3N3O5S/c1-17-13-29-23(30-14-17)24(32,25(26,27)28)18(2)37(33,34)31(15-19-5-9-21(35-3)10-6-19)16-20-7-11-22(36-4)12-8-20/h5-14,18,32H,15-16H2,1-4H3/t18-,24?/m0/s1. The van der Waals surface area contributed by atoms with Crippen LogP contribution in [-0.2, 0) is 28.7 Å². The second kappa shape index (κ2) is 11.0. The van der Waals surface area contributed by atoms with Gasteiger partial charge in [0.1, 0.15) is 16.7 Å².